The van der Waals surface area contributed by atoms with Crippen LogP contribution in [0.5, 0.6) is 5.88 Å². The van der Waals surface area contributed by atoms with Gasteiger partial charge in [0, 0.05) is 0 Å². The zero-order valence-electron chi connectivity index (χ0n) is 6.35. The first kappa shape index (κ1) is 7.47. The van der Waals surface area contributed by atoms with Gasteiger partial charge in [-0.05, 0) is 0 Å². The molecule has 0 bridgehead atoms. The van der Waals surface area contributed by atoms with Gasteiger partial charge >= 0.3 is 0 Å². The Morgan fingerprint density at radius 3 is 2.92 bits per heavy atom. The maximum Gasteiger partial charge on any atom is 0.255 e. The van der Waals surface area contributed by atoms with E-state index in [0.717, 1.165) is 6.07 Å². The lowest BCUT2D eigenvalue weighted by Crippen LogP contribution is -2.06. The second kappa shape index (κ2) is 2.70. The van der Waals surface area contributed by atoms with Crippen LogP contribution in [0.1, 0.15) is 0 Å². The minimum absolute atomic E-state index is 0.179. The highest BCUT2D eigenvalue weighted by atomic mass is 16.3. The lowest BCUT2D eigenvalue weighted by molar-refractivity contribution is 0.452. The molecule has 0 saturated carbocycles. The molecular weight excluding hydrogens is 174 g/mol. The van der Waals surface area contributed by atoms with Crippen LogP contribution in [-0.4, -0.2) is 30.5 Å². The number of aromatic hydroxyl groups is 1. The normalized spacial score (nSPS) is 10.2. The first-order chi connectivity index (χ1) is 6.25. The van der Waals surface area contributed by atoms with E-state index in [1.807, 2.05) is 0 Å². The molecule has 2 rings (SSSR count). The molecule has 0 aliphatic heterocycles. The van der Waals surface area contributed by atoms with Gasteiger partial charge in [0.05, 0.1) is 12.3 Å². The van der Waals surface area contributed by atoms with Gasteiger partial charge in [0.25, 0.3) is 5.56 Å². The number of hydrogen-bond acceptors (Lipinski definition) is 5. The van der Waals surface area contributed by atoms with E-state index in [-0.39, 0.29) is 11.7 Å². The van der Waals surface area contributed by atoms with Gasteiger partial charge in [0.1, 0.15) is 5.69 Å². The molecule has 0 spiro atoms. The Balaban J connectivity index is 2.59. The molecule has 0 atom stereocenters. The van der Waals surface area contributed by atoms with Gasteiger partial charge in [-0.3, -0.25) is 4.79 Å². The Hall–Kier alpha value is -2.18. The van der Waals surface area contributed by atoms with Crippen LogP contribution in [0.15, 0.2) is 17.1 Å². The highest BCUT2D eigenvalue weighted by Gasteiger charge is 2.04. The molecule has 0 radical (unpaired) electrons. The number of aromatic nitrogens is 5. The summed E-state index contributed by atoms with van der Waals surface area (Å²) in [5.41, 5.74) is -0.0708. The Morgan fingerprint density at radius 1 is 1.46 bits per heavy atom. The number of aromatic amines is 2. The Kier molecular flexibility index (Phi) is 1.55. The van der Waals surface area contributed by atoms with Crippen molar-refractivity contribution in [3.63, 3.8) is 0 Å². The maximum absolute atomic E-state index is 10.9. The quantitative estimate of drug-likeness (QED) is 0.534. The van der Waals surface area contributed by atoms with E-state index in [0.29, 0.717) is 5.69 Å². The fraction of sp³-hybridized carbons (Fsp3) is 0. The van der Waals surface area contributed by atoms with Crippen LogP contribution in [0, 0.1) is 0 Å². The third-order valence-electron chi connectivity index (χ3n) is 1.39. The molecule has 7 nitrogen and oxygen atoms in total. The van der Waals surface area contributed by atoms with Crippen LogP contribution in [-0.2, 0) is 0 Å². The standard InChI is InChI=1S/C6H5N5O2/c12-4-1-5(13)9-6(8-4)3-2-7-11-10-3/h1-2H,(H,7,10,11)(H2,8,9,12,13). The molecular formula is C6H5N5O2. The van der Waals surface area contributed by atoms with Crippen molar-refractivity contribution in [2.75, 3.05) is 0 Å². The van der Waals surface area contributed by atoms with E-state index < -0.39 is 5.56 Å². The Bertz CT molecular complexity index is 460. The van der Waals surface area contributed by atoms with Crippen molar-refractivity contribution in [3.8, 4) is 17.4 Å². The molecule has 66 valence electrons. The molecule has 2 aromatic rings. The Morgan fingerprint density at radius 2 is 2.31 bits per heavy atom. The predicted octanol–water partition coefficient (Wildman–Crippen LogP) is -0.739. The Labute approximate surface area is 71.5 Å². The van der Waals surface area contributed by atoms with Crippen molar-refractivity contribution < 1.29 is 5.11 Å². The van der Waals surface area contributed by atoms with Crippen molar-refractivity contribution in [1.82, 2.24) is 25.4 Å². The SMILES string of the molecule is O=c1cc(O)nc(-c2cn[nH]n2)[nH]1. The van der Waals surface area contributed by atoms with E-state index >= 15 is 0 Å². The van der Waals surface area contributed by atoms with Crippen LogP contribution in [0.25, 0.3) is 11.5 Å². The first-order valence-corrected chi connectivity index (χ1v) is 3.42. The second-order valence-electron chi connectivity index (χ2n) is 2.31. The van der Waals surface area contributed by atoms with E-state index in [9.17, 15) is 4.79 Å². The molecule has 0 aliphatic rings. The molecule has 13 heavy (non-hydrogen) atoms. The summed E-state index contributed by atoms with van der Waals surface area (Å²) in [6.07, 6.45) is 1.39. The summed E-state index contributed by atoms with van der Waals surface area (Å²) >= 11 is 0. The van der Waals surface area contributed by atoms with Crippen molar-refractivity contribution in [3.05, 3.63) is 22.6 Å². The van der Waals surface area contributed by atoms with Gasteiger partial charge in [0.2, 0.25) is 5.88 Å². The van der Waals surface area contributed by atoms with Crippen molar-refractivity contribution in [2.45, 2.75) is 0 Å². The zero-order chi connectivity index (χ0) is 9.26. The van der Waals surface area contributed by atoms with E-state index in [1.54, 1.807) is 0 Å². The van der Waals surface area contributed by atoms with Gasteiger partial charge < -0.3 is 10.1 Å². The molecule has 0 saturated heterocycles. The van der Waals surface area contributed by atoms with Crippen LogP contribution in [0.4, 0.5) is 0 Å². The van der Waals surface area contributed by atoms with E-state index in [1.165, 1.54) is 6.20 Å². The molecule has 0 amide bonds. The molecule has 0 unspecified atom stereocenters. The molecule has 0 fully saturated rings. The monoisotopic (exact) mass is 179 g/mol. The fourth-order valence-corrected chi connectivity index (χ4v) is 0.882. The molecule has 7 heteroatoms. The molecule has 2 heterocycles. The largest absolute Gasteiger partial charge is 0.493 e. The number of hydrogen-bond donors (Lipinski definition) is 3. The highest BCUT2D eigenvalue weighted by Crippen LogP contribution is 2.09. The summed E-state index contributed by atoms with van der Waals surface area (Å²) in [6.45, 7) is 0. The molecule has 0 aliphatic carbocycles. The minimum Gasteiger partial charge on any atom is -0.493 e. The molecule has 3 N–H and O–H groups in total. The van der Waals surface area contributed by atoms with Crippen molar-refractivity contribution in [1.29, 1.82) is 0 Å². The van der Waals surface area contributed by atoms with E-state index in [4.69, 9.17) is 5.11 Å². The number of nitrogens with one attached hydrogen (secondary N) is 2. The minimum atomic E-state index is -0.439. The third kappa shape index (κ3) is 1.39. The maximum atomic E-state index is 10.9. The zero-order valence-corrected chi connectivity index (χ0v) is 6.35. The average molecular weight is 179 g/mol. The second-order valence-corrected chi connectivity index (χ2v) is 2.31. The summed E-state index contributed by atoms with van der Waals surface area (Å²) in [7, 11) is 0. The fourth-order valence-electron chi connectivity index (χ4n) is 0.882. The third-order valence-corrected chi connectivity index (χ3v) is 1.39. The average Bonchev–Trinajstić information content (AvgIpc) is 2.53. The predicted molar refractivity (Wildman–Crippen MR) is 41.9 cm³/mol. The highest BCUT2D eigenvalue weighted by molar-refractivity contribution is 5.46. The van der Waals surface area contributed by atoms with E-state index in [2.05, 4.69) is 25.4 Å². The van der Waals surface area contributed by atoms with Gasteiger partial charge in [0.15, 0.2) is 5.82 Å². The topological polar surface area (TPSA) is 108 Å². The number of rotatable bonds is 1. The lowest BCUT2D eigenvalue weighted by atomic mass is 10.4. The summed E-state index contributed by atoms with van der Waals surface area (Å²) in [5.74, 6) is -0.166. The van der Waals surface area contributed by atoms with Crippen LogP contribution in [0.3, 0.4) is 0 Å². The van der Waals surface area contributed by atoms with Crippen LogP contribution in [0.2, 0.25) is 0 Å². The van der Waals surface area contributed by atoms with Crippen molar-refractivity contribution in [2.24, 2.45) is 0 Å². The van der Waals surface area contributed by atoms with Gasteiger partial charge in [-0.15, -0.1) is 0 Å². The molecule has 2 aromatic heterocycles. The van der Waals surface area contributed by atoms with Crippen molar-refractivity contribution >= 4 is 0 Å². The van der Waals surface area contributed by atoms with Crippen LogP contribution < -0.4 is 5.56 Å². The van der Waals surface area contributed by atoms with Crippen LogP contribution >= 0.6 is 0 Å². The van der Waals surface area contributed by atoms with Gasteiger partial charge in [-0.2, -0.15) is 20.4 Å². The summed E-state index contributed by atoms with van der Waals surface area (Å²) in [6, 6.07) is 0.976. The summed E-state index contributed by atoms with van der Waals surface area (Å²) in [5, 5.41) is 18.6. The first-order valence-electron chi connectivity index (χ1n) is 3.42. The number of H-pyrrole nitrogens is 2. The number of nitrogens with zero attached hydrogens (tertiary/aromatic N) is 3. The summed E-state index contributed by atoms with van der Waals surface area (Å²) < 4.78 is 0. The molecule has 0 aromatic carbocycles. The summed E-state index contributed by atoms with van der Waals surface area (Å²) in [4.78, 5) is 16.9. The van der Waals surface area contributed by atoms with Gasteiger partial charge in [-0.1, -0.05) is 0 Å². The lowest BCUT2D eigenvalue weighted by Gasteiger charge is -1.94. The smallest absolute Gasteiger partial charge is 0.255 e. The van der Waals surface area contributed by atoms with Gasteiger partial charge in [-0.25, -0.2) is 0 Å².